The summed E-state index contributed by atoms with van der Waals surface area (Å²) < 4.78 is 21.7. The average molecular weight is 695 g/mol. The Morgan fingerprint density at radius 2 is 1.66 bits per heavy atom. The summed E-state index contributed by atoms with van der Waals surface area (Å²) in [6, 6.07) is 22.2. The van der Waals surface area contributed by atoms with E-state index in [-0.39, 0.29) is 22.8 Å². The fourth-order valence-corrected chi connectivity index (χ4v) is 5.79. The number of aromatic nitrogens is 2. The third-order valence-corrected chi connectivity index (χ3v) is 8.39. The van der Waals surface area contributed by atoms with Crippen molar-refractivity contribution in [1.82, 2.24) is 14.9 Å². The summed E-state index contributed by atoms with van der Waals surface area (Å²) in [4.78, 5) is 29.6. The number of hydrogen-bond acceptors (Lipinski definition) is 4. The minimum atomic E-state index is -0.985. The van der Waals surface area contributed by atoms with Crippen molar-refractivity contribution in [2.75, 3.05) is 0 Å². The highest BCUT2D eigenvalue weighted by Crippen LogP contribution is 2.32. The summed E-state index contributed by atoms with van der Waals surface area (Å²) in [5, 5.41) is 13.2. The van der Waals surface area contributed by atoms with Gasteiger partial charge in [-0.05, 0) is 84.6 Å². The maximum atomic E-state index is 13.8. The Balaban J connectivity index is 1.43. The van der Waals surface area contributed by atoms with Crippen LogP contribution in [0.1, 0.15) is 63.5 Å². The van der Waals surface area contributed by atoms with Crippen molar-refractivity contribution in [2.45, 2.75) is 45.4 Å². The second-order valence-corrected chi connectivity index (χ2v) is 12.2. The normalized spacial score (nSPS) is 11.7. The van der Waals surface area contributed by atoms with Gasteiger partial charge in [-0.3, -0.25) is 4.79 Å². The maximum Gasteiger partial charge on any atom is 0.335 e. The number of halogens is 4. The van der Waals surface area contributed by atoms with Crippen molar-refractivity contribution in [3.63, 3.8) is 0 Å². The van der Waals surface area contributed by atoms with Crippen molar-refractivity contribution in [3.05, 3.63) is 140 Å². The first kappa shape index (κ1) is 34.0. The lowest BCUT2D eigenvalue weighted by molar-refractivity contribution is 0.0696. The lowest BCUT2D eigenvalue weighted by Crippen LogP contribution is -2.32. The number of carboxylic acid groups (broad SMARTS) is 1. The van der Waals surface area contributed by atoms with Gasteiger partial charge in [0.2, 0.25) is 0 Å². The third kappa shape index (κ3) is 8.71. The van der Waals surface area contributed by atoms with Gasteiger partial charge in [-0.15, -0.1) is 0 Å². The zero-order chi connectivity index (χ0) is 33.5. The van der Waals surface area contributed by atoms with Gasteiger partial charge < -0.3 is 19.7 Å². The molecule has 7 nitrogen and oxygen atoms in total. The molecule has 0 unspecified atom stereocenters. The molecule has 1 amide bonds. The van der Waals surface area contributed by atoms with Crippen molar-refractivity contribution in [1.29, 1.82) is 0 Å². The smallest absolute Gasteiger partial charge is 0.335 e. The molecule has 11 heteroatoms. The molecule has 1 atom stereocenters. The van der Waals surface area contributed by atoms with Crippen LogP contribution in [0.25, 0.3) is 11.3 Å². The number of benzene rings is 4. The van der Waals surface area contributed by atoms with Crippen LogP contribution in [0.5, 0.6) is 5.75 Å². The Bertz CT molecular complexity index is 1880. The number of ether oxygens (including phenoxy) is 1. The Morgan fingerprint density at radius 3 is 2.32 bits per heavy atom. The summed E-state index contributed by atoms with van der Waals surface area (Å²) in [6.45, 7) is 3.02. The van der Waals surface area contributed by atoms with Gasteiger partial charge in [0.25, 0.3) is 5.91 Å². The average Bonchev–Trinajstić information content (AvgIpc) is 3.47. The van der Waals surface area contributed by atoms with Crippen LogP contribution < -0.4 is 10.1 Å². The van der Waals surface area contributed by atoms with E-state index in [0.29, 0.717) is 45.8 Å². The van der Waals surface area contributed by atoms with E-state index in [2.05, 4.69) is 12.2 Å². The van der Waals surface area contributed by atoms with Gasteiger partial charge in [-0.1, -0.05) is 72.4 Å². The quantitative estimate of drug-likeness (QED) is 0.128. The number of carboxylic acids is 1. The fraction of sp³-hybridized carbons (Fsp3) is 0.194. The second kappa shape index (κ2) is 15.5. The van der Waals surface area contributed by atoms with Crippen LogP contribution in [-0.4, -0.2) is 26.5 Å². The minimum absolute atomic E-state index is 0.00307. The highest BCUT2D eigenvalue weighted by molar-refractivity contribution is 6.36. The molecule has 0 aliphatic rings. The Morgan fingerprint density at radius 1 is 0.936 bits per heavy atom. The van der Waals surface area contributed by atoms with Crippen LogP contribution in [0.2, 0.25) is 15.1 Å². The summed E-state index contributed by atoms with van der Waals surface area (Å²) >= 11 is 18.9. The van der Waals surface area contributed by atoms with E-state index in [4.69, 9.17) is 49.6 Å². The molecule has 0 aliphatic carbocycles. The van der Waals surface area contributed by atoms with E-state index >= 15 is 0 Å². The van der Waals surface area contributed by atoms with Crippen LogP contribution in [0.3, 0.4) is 0 Å². The number of amides is 1. The number of nitrogens with one attached hydrogen (secondary N) is 1. The van der Waals surface area contributed by atoms with Crippen molar-refractivity contribution in [3.8, 4) is 17.0 Å². The van der Waals surface area contributed by atoms with Gasteiger partial charge in [0.15, 0.2) is 0 Å². The maximum absolute atomic E-state index is 13.8. The standard InChI is InChI=1S/C36H31Cl3FN3O4/c1-2-3-16-43-20-33(28-14-10-25(37)18-30(28)38)41-34(43)32(42-35(44)29-15-11-26(40)19-31(29)39)17-22-6-12-27(13-7-22)47-21-23-4-8-24(9-5-23)36(45)46/h4-15,18-20,32H,2-3,16-17,21H2,1H3,(H,42,44)(H,45,46)/t32-/m0/s1. The second-order valence-electron chi connectivity index (χ2n) is 10.9. The van der Waals surface area contributed by atoms with E-state index in [1.165, 1.54) is 24.3 Å². The monoisotopic (exact) mass is 693 g/mol. The van der Waals surface area contributed by atoms with Gasteiger partial charge in [-0.2, -0.15) is 0 Å². The summed E-state index contributed by atoms with van der Waals surface area (Å²) in [7, 11) is 0. The highest BCUT2D eigenvalue weighted by Gasteiger charge is 2.24. The number of rotatable bonds is 13. The predicted molar refractivity (Wildman–Crippen MR) is 182 cm³/mol. The molecule has 0 fully saturated rings. The molecule has 0 saturated heterocycles. The van der Waals surface area contributed by atoms with Crippen molar-refractivity contribution < 1.29 is 23.8 Å². The fourth-order valence-electron chi connectivity index (χ4n) is 5.03. The van der Waals surface area contributed by atoms with Gasteiger partial charge in [-0.25, -0.2) is 14.2 Å². The van der Waals surface area contributed by atoms with Crippen LogP contribution >= 0.6 is 34.8 Å². The Hall–Kier alpha value is -4.37. The van der Waals surface area contributed by atoms with Crippen LogP contribution in [0.15, 0.2) is 91.1 Å². The van der Waals surface area contributed by atoms with Crippen molar-refractivity contribution >= 4 is 46.7 Å². The van der Waals surface area contributed by atoms with Gasteiger partial charge in [0, 0.05) is 23.3 Å². The first-order valence-electron chi connectivity index (χ1n) is 14.9. The number of nitrogens with zero attached hydrogens (tertiary/aromatic N) is 2. The van der Waals surface area contributed by atoms with E-state index < -0.39 is 23.7 Å². The molecule has 47 heavy (non-hydrogen) atoms. The minimum Gasteiger partial charge on any atom is -0.489 e. The summed E-state index contributed by atoms with van der Waals surface area (Å²) in [5.74, 6) is -0.747. The number of carbonyl (C=O) groups is 2. The number of imidazole rings is 1. The summed E-state index contributed by atoms with van der Waals surface area (Å²) in [5.41, 5.74) is 3.42. The molecule has 0 radical (unpaired) electrons. The SMILES string of the molecule is CCCCn1cc(-c2ccc(Cl)cc2Cl)nc1[C@H](Cc1ccc(OCc2ccc(C(=O)O)cc2)cc1)NC(=O)c1ccc(F)cc1Cl. The lowest BCUT2D eigenvalue weighted by atomic mass is 10.0. The molecule has 0 aliphatic heterocycles. The molecule has 5 aromatic rings. The summed E-state index contributed by atoms with van der Waals surface area (Å²) in [6.07, 6.45) is 4.12. The molecule has 1 heterocycles. The highest BCUT2D eigenvalue weighted by atomic mass is 35.5. The molecule has 242 valence electrons. The molecular formula is C36H31Cl3FN3O4. The first-order chi connectivity index (χ1) is 22.6. The molecule has 0 saturated carbocycles. The van der Waals surface area contributed by atoms with Gasteiger partial charge >= 0.3 is 5.97 Å². The molecule has 5 rings (SSSR count). The van der Waals surface area contributed by atoms with Crippen molar-refractivity contribution in [2.24, 2.45) is 0 Å². The van der Waals surface area contributed by atoms with E-state index in [1.807, 2.05) is 41.1 Å². The molecule has 0 bridgehead atoms. The zero-order valence-electron chi connectivity index (χ0n) is 25.4. The zero-order valence-corrected chi connectivity index (χ0v) is 27.6. The molecule has 2 N–H and O–H groups in total. The number of aromatic carboxylic acids is 1. The number of unbranched alkanes of at least 4 members (excludes halogenated alkanes) is 1. The molecule has 1 aromatic heterocycles. The predicted octanol–water partition coefficient (Wildman–Crippen LogP) is 9.44. The van der Waals surface area contributed by atoms with E-state index in [1.54, 1.807) is 24.3 Å². The van der Waals surface area contributed by atoms with Gasteiger partial charge in [0.1, 0.15) is 24.0 Å². The molecule has 4 aromatic carbocycles. The molecular weight excluding hydrogens is 664 g/mol. The van der Waals surface area contributed by atoms with E-state index in [9.17, 15) is 14.0 Å². The third-order valence-electron chi connectivity index (χ3n) is 7.53. The number of aryl methyl sites for hydroxylation is 1. The largest absolute Gasteiger partial charge is 0.489 e. The van der Waals surface area contributed by atoms with E-state index in [0.717, 1.165) is 30.0 Å². The number of carbonyl (C=O) groups excluding carboxylic acids is 1. The topological polar surface area (TPSA) is 93.5 Å². The van der Waals surface area contributed by atoms with Crippen LogP contribution in [0, 0.1) is 5.82 Å². The lowest BCUT2D eigenvalue weighted by Gasteiger charge is -2.21. The van der Waals surface area contributed by atoms with Gasteiger partial charge in [0.05, 0.1) is 32.9 Å². The Kier molecular flexibility index (Phi) is 11.2. The van der Waals surface area contributed by atoms with Crippen LogP contribution in [-0.2, 0) is 19.6 Å². The number of hydrogen-bond donors (Lipinski definition) is 2. The Labute approximate surface area is 286 Å². The van der Waals surface area contributed by atoms with Crippen LogP contribution in [0.4, 0.5) is 4.39 Å². The first-order valence-corrected chi connectivity index (χ1v) is 16.1. The molecule has 0 spiro atoms.